The molecule has 0 spiro atoms. The molecular weight excluding hydrogens is 254 g/mol. The maximum absolute atomic E-state index is 11.9. The van der Waals surface area contributed by atoms with Gasteiger partial charge in [0.1, 0.15) is 6.61 Å². The van der Waals surface area contributed by atoms with Gasteiger partial charge in [0.15, 0.2) is 0 Å². The van der Waals surface area contributed by atoms with Gasteiger partial charge in [0.2, 0.25) is 5.91 Å². The summed E-state index contributed by atoms with van der Waals surface area (Å²) in [6, 6.07) is 10.2. The molecule has 1 unspecified atom stereocenters. The van der Waals surface area contributed by atoms with Gasteiger partial charge in [0.25, 0.3) is 0 Å². The highest BCUT2D eigenvalue weighted by Crippen LogP contribution is 2.15. The number of nitrogens with zero attached hydrogens (tertiary/aromatic N) is 1. The molecule has 4 nitrogen and oxygen atoms in total. The fourth-order valence-electron chi connectivity index (χ4n) is 2.41. The van der Waals surface area contributed by atoms with Gasteiger partial charge in [-0.2, -0.15) is 0 Å². The lowest BCUT2D eigenvalue weighted by Gasteiger charge is -2.15. The molecule has 0 bridgehead atoms. The van der Waals surface area contributed by atoms with E-state index in [0.717, 1.165) is 25.7 Å². The maximum Gasteiger partial charge on any atom is 0.416 e. The van der Waals surface area contributed by atoms with Crippen molar-refractivity contribution in [1.29, 1.82) is 0 Å². The number of rotatable bonds is 6. The molecule has 0 saturated carbocycles. The maximum atomic E-state index is 11.9. The van der Waals surface area contributed by atoms with Gasteiger partial charge in [0, 0.05) is 6.42 Å². The van der Waals surface area contributed by atoms with Gasteiger partial charge < -0.3 is 4.74 Å². The highest BCUT2D eigenvalue weighted by atomic mass is 16.6. The van der Waals surface area contributed by atoms with Gasteiger partial charge in [0.05, 0.1) is 6.04 Å². The number of hydrogen-bond acceptors (Lipinski definition) is 3. The van der Waals surface area contributed by atoms with E-state index in [0.29, 0.717) is 13.0 Å². The van der Waals surface area contributed by atoms with E-state index < -0.39 is 6.09 Å². The van der Waals surface area contributed by atoms with Crippen molar-refractivity contribution < 1.29 is 14.3 Å². The Morgan fingerprint density at radius 1 is 1.25 bits per heavy atom. The summed E-state index contributed by atoms with van der Waals surface area (Å²) in [5, 5.41) is 0. The Bertz CT molecular complexity index is 458. The molecule has 0 aromatic heterocycles. The summed E-state index contributed by atoms with van der Waals surface area (Å²) >= 11 is 0. The molecule has 1 saturated heterocycles. The summed E-state index contributed by atoms with van der Waals surface area (Å²) in [6.45, 7) is 2.15. The molecule has 1 aliphatic rings. The third-order valence-electron chi connectivity index (χ3n) is 3.55. The molecule has 0 aliphatic carbocycles. The third-order valence-corrected chi connectivity index (χ3v) is 3.55. The molecule has 1 aliphatic heterocycles. The minimum atomic E-state index is -0.494. The first-order valence-corrected chi connectivity index (χ1v) is 7.21. The van der Waals surface area contributed by atoms with E-state index in [1.165, 1.54) is 10.5 Å². The number of benzene rings is 1. The molecule has 1 atom stereocenters. The molecule has 2 rings (SSSR count). The second kappa shape index (κ2) is 7.08. The fraction of sp³-hybridized carbons (Fsp3) is 0.500. The van der Waals surface area contributed by atoms with Crippen molar-refractivity contribution in [3.63, 3.8) is 0 Å². The van der Waals surface area contributed by atoms with E-state index in [-0.39, 0.29) is 11.9 Å². The summed E-state index contributed by atoms with van der Waals surface area (Å²) < 4.78 is 4.85. The number of hydrogen-bond donors (Lipinski definition) is 0. The summed E-state index contributed by atoms with van der Waals surface area (Å²) in [7, 11) is 0. The van der Waals surface area contributed by atoms with Gasteiger partial charge in [-0.05, 0) is 31.7 Å². The predicted octanol–water partition coefficient (Wildman–Crippen LogP) is 3.16. The van der Waals surface area contributed by atoms with Crippen molar-refractivity contribution in [3.8, 4) is 0 Å². The average Bonchev–Trinajstić information content (AvgIpc) is 2.79. The zero-order valence-electron chi connectivity index (χ0n) is 11.9. The normalized spacial score (nSPS) is 18.1. The summed E-state index contributed by atoms with van der Waals surface area (Å²) in [6.07, 6.45) is 3.86. The first kappa shape index (κ1) is 14.6. The monoisotopic (exact) mass is 275 g/mol. The minimum Gasteiger partial charge on any atom is -0.447 e. The predicted molar refractivity (Wildman–Crippen MR) is 76.3 cm³/mol. The van der Waals surface area contributed by atoms with Crippen LogP contribution in [0, 0.1) is 0 Å². The van der Waals surface area contributed by atoms with Crippen LogP contribution in [0.15, 0.2) is 30.3 Å². The van der Waals surface area contributed by atoms with Gasteiger partial charge >= 0.3 is 6.09 Å². The molecular formula is C16H21NO3. The Hall–Kier alpha value is -1.84. The summed E-state index contributed by atoms with van der Waals surface area (Å²) in [5.74, 6) is -0.111. The number of carbonyl (C=O) groups excluding carboxylic acids is 2. The van der Waals surface area contributed by atoms with E-state index >= 15 is 0 Å². The highest BCUT2D eigenvalue weighted by Gasteiger charge is 2.34. The van der Waals surface area contributed by atoms with E-state index in [1.54, 1.807) is 0 Å². The second-order valence-electron chi connectivity index (χ2n) is 5.24. The van der Waals surface area contributed by atoms with Crippen molar-refractivity contribution in [1.82, 2.24) is 4.90 Å². The number of cyclic esters (lactones) is 1. The lowest BCUT2D eigenvalue weighted by atomic mass is 10.1. The van der Waals surface area contributed by atoms with Crippen LogP contribution in [0.5, 0.6) is 0 Å². The van der Waals surface area contributed by atoms with Crippen LogP contribution in [0.4, 0.5) is 4.79 Å². The van der Waals surface area contributed by atoms with E-state index in [4.69, 9.17) is 4.74 Å². The van der Waals surface area contributed by atoms with Gasteiger partial charge in [-0.25, -0.2) is 9.69 Å². The lowest BCUT2D eigenvalue weighted by molar-refractivity contribution is -0.129. The molecule has 108 valence electrons. The largest absolute Gasteiger partial charge is 0.447 e. The van der Waals surface area contributed by atoms with E-state index in [1.807, 2.05) is 25.1 Å². The second-order valence-corrected chi connectivity index (χ2v) is 5.24. The van der Waals surface area contributed by atoms with Crippen LogP contribution in [0.2, 0.25) is 0 Å². The Morgan fingerprint density at radius 3 is 2.65 bits per heavy atom. The van der Waals surface area contributed by atoms with E-state index in [2.05, 4.69) is 12.1 Å². The third kappa shape index (κ3) is 3.83. The average molecular weight is 275 g/mol. The van der Waals surface area contributed by atoms with Crippen molar-refractivity contribution in [2.45, 2.75) is 45.1 Å². The number of unbranched alkanes of at least 4 members (excludes halogenated alkanes) is 2. The molecule has 4 heteroatoms. The van der Waals surface area contributed by atoms with Crippen molar-refractivity contribution >= 4 is 12.0 Å². The highest BCUT2D eigenvalue weighted by molar-refractivity contribution is 5.93. The quantitative estimate of drug-likeness (QED) is 0.749. The Labute approximate surface area is 119 Å². The number of imide groups is 1. The standard InChI is InChI=1S/C16H21NO3/c1-13-12-20-16(19)17(13)15(18)11-7-3-6-10-14-8-4-2-5-9-14/h2,4-5,8-9,13H,3,6-7,10-12H2,1H3. The molecule has 1 fully saturated rings. The summed E-state index contributed by atoms with van der Waals surface area (Å²) in [4.78, 5) is 24.6. The first-order valence-electron chi connectivity index (χ1n) is 7.21. The van der Waals surface area contributed by atoms with Crippen LogP contribution in [0.1, 0.15) is 38.2 Å². The number of ether oxygens (including phenoxy) is 1. The van der Waals surface area contributed by atoms with Gasteiger partial charge in [-0.1, -0.05) is 36.8 Å². The molecule has 1 aromatic carbocycles. The van der Waals surface area contributed by atoms with Crippen LogP contribution in [0.25, 0.3) is 0 Å². The summed E-state index contributed by atoms with van der Waals surface area (Å²) in [5.41, 5.74) is 1.33. The van der Waals surface area contributed by atoms with Crippen LogP contribution < -0.4 is 0 Å². The van der Waals surface area contributed by atoms with Crippen molar-refractivity contribution in [3.05, 3.63) is 35.9 Å². The number of amides is 2. The molecule has 1 heterocycles. The van der Waals surface area contributed by atoms with E-state index in [9.17, 15) is 9.59 Å². The van der Waals surface area contributed by atoms with Crippen molar-refractivity contribution in [2.24, 2.45) is 0 Å². The number of aryl methyl sites for hydroxylation is 1. The Balaban J connectivity index is 1.64. The molecule has 20 heavy (non-hydrogen) atoms. The zero-order valence-corrected chi connectivity index (χ0v) is 11.9. The smallest absolute Gasteiger partial charge is 0.416 e. The zero-order chi connectivity index (χ0) is 14.4. The fourth-order valence-corrected chi connectivity index (χ4v) is 2.41. The molecule has 2 amide bonds. The number of carbonyl (C=O) groups is 2. The van der Waals surface area contributed by atoms with Crippen LogP contribution in [-0.4, -0.2) is 29.5 Å². The minimum absolute atomic E-state index is 0.111. The molecule has 0 N–H and O–H groups in total. The SMILES string of the molecule is CC1COC(=O)N1C(=O)CCCCCc1ccccc1. The molecule has 1 aromatic rings. The lowest BCUT2D eigenvalue weighted by Crippen LogP contribution is -2.37. The van der Waals surface area contributed by atoms with Gasteiger partial charge in [-0.15, -0.1) is 0 Å². The Morgan fingerprint density at radius 2 is 2.00 bits per heavy atom. The molecule has 0 radical (unpaired) electrons. The van der Waals surface area contributed by atoms with Crippen LogP contribution in [0.3, 0.4) is 0 Å². The van der Waals surface area contributed by atoms with Gasteiger partial charge in [-0.3, -0.25) is 4.79 Å². The topological polar surface area (TPSA) is 46.6 Å². The first-order chi connectivity index (χ1) is 9.68. The Kier molecular flexibility index (Phi) is 5.16. The van der Waals surface area contributed by atoms with Crippen LogP contribution >= 0.6 is 0 Å². The van der Waals surface area contributed by atoms with Crippen molar-refractivity contribution in [2.75, 3.05) is 6.61 Å². The van der Waals surface area contributed by atoms with Crippen LogP contribution in [-0.2, 0) is 16.0 Å².